The van der Waals surface area contributed by atoms with Gasteiger partial charge in [-0.2, -0.15) is 0 Å². The lowest BCUT2D eigenvalue weighted by Crippen LogP contribution is -2.41. The lowest BCUT2D eigenvalue weighted by molar-refractivity contribution is -0.119. The zero-order valence-electron chi connectivity index (χ0n) is 18.5. The molecule has 0 heterocycles. The molecule has 3 aromatic carbocycles. The first kappa shape index (κ1) is 23.9. The van der Waals surface area contributed by atoms with Crippen LogP contribution < -0.4 is 9.62 Å². The number of hydrogen-bond donors (Lipinski definition) is 1. The van der Waals surface area contributed by atoms with Crippen LogP contribution in [-0.4, -0.2) is 33.2 Å². The Balaban J connectivity index is 1.69. The summed E-state index contributed by atoms with van der Waals surface area (Å²) in [5.41, 5.74) is 3.64. The number of amides is 1. The molecule has 0 aliphatic rings. The van der Waals surface area contributed by atoms with Crippen molar-refractivity contribution in [2.45, 2.75) is 30.6 Å². The number of nitrogens with one attached hydrogen (secondary N) is 1. The molecular weight excluding hydrogens is 440 g/mol. The summed E-state index contributed by atoms with van der Waals surface area (Å²) >= 11 is 1.65. The smallest absolute Gasteiger partial charge is 0.264 e. The van der Waals surface area contributed by atoms with Crippen molar-refractivity contribution in [1.29, 1.82) is 0 Å². The summed E-state index contributed by atoms with van der Waals surface area (Å²) in [4.78, 5) is 13.9. The molecule has 0 bridgehead atoms. The van der Waals surface area contributed by atoms with E-state index in [9.17, 15) is 13.2 Å². The molecular formula is C25H28N2O3S2. The van der Waals surface area contributed by atoms with Crippen molar-refractivity contribution >= 4 is 33.4 Å². The molecule has 1 amide bonds. The van der Waals surface area contributed by atoms with Crippen LogP contribution in [0.4, 0.5) is 5.69 Å². The fourth-order valence-corrected chi connectivity index (χ4v) is 5.23. The third-order valence-corrected chi connectivity index (χ3v) is 7.73. The predicted octanol–water partition coefficient (Wildman–Crippen LogP) is 4.72. The molecule has 0 fully saturated rings. The zero-order chi connectivity index (χ0) is 23.1. The zero-order valence-corrected chi connectivity index (χ0v) is 20.2. The van der Waals surface area contributed by atoms with E-state index in [1.54, 1.807) is 48.2 Å². The van der Waals surface area contributed by atoms with Crippen molar-refractivity contribution in [2.75, 3.05) is 23.1 Å². The van der Waals surface area contributed by atoms with Crippen molar-refractivity contribution in [3.8, 4) is 0 Å². The quantitative estimate of drug-likeness (QED) is 0.365. The predicted molar refractivity (Wildman–Crippen MR) is 132 cm³/mol. The van der Waals surface area contributed by atoms with Crippen molar-refractivity contribution in [3.63, 3.8) is 0 Å². The Hall–Kier alpha value is -2.77. The minimum Gasteiger partial charge on any atom is -0.354 e. The van der Waals surface area contributed by atoms with Gasteiger partial charge in [0, 0.05) is 17.2 Å². The molecule has 0 unspecified atom stereocenters. The maximum absolute atomic E-state index is 13.3. The number of aryl methyl sites for hydroxylation is 3. The van der Waals surface area contributed by atoms with E-state index >= 15 is 0 Å². The largest absolute Gasteiger partial charge is 0.354 e. The van der Waals surface area contributed by atoms with Gasteiger partial charge in [-0.05, 0) is 57.2 Å². The van der Waals surface area contributed by atoms with E-state index in [4.69, 9.17) is 0 Å². The number of rotatable bonds is 9. The minimum atomic E-state index is -3.89. The van der Waals surface area contributed by atoms with E-state index < -0.39 is 10.0 Å². The number of hydrogen-bond acceptors (Lipinski definition) is 4. The van der Waals surface area contributed by atoms with Crippen LogP contribution in [0.25, 0.3) is 0 Å². The lowest BCUT2D eigenvalue weighted by atomic mass is 10.2. The lowest BCUT2D eigenvalue weighted by Gasteiger charge is -2.24. The summed E-state index contributed by atoms with van der Waals surface area (Å²) in [6.45, 7) is 6.04. The van der Waals surface area contributed by atoms with Crippen LogP contribution in [0.2, 0.25) is 0 Å². The molecule has 0 spiro atoms. The normalized spacial score (nSPS) is 11.2. The highest BCUT2D eigenvalue weighted by atomic mass is 32.2. The molecule has 0 saturated heterocycles. The second-order valence-electron chi connectivity index (χ2n) is 7.67. The van der Waals surface area contributed by atoms with Gasteiger partial charge in [-0.25, -0.2) is 8.42 Å². The van der Waals surface area contributed by atoms with E-state index in [1.165, 1.54) is 9.87 Å². The number of nitrogens with zero attached hydrogens (tertiary/aromatic N) is 1. The van der Waals surface area contributed by atoms with Crippen molar-refractivity contribution in [1.82, 2.24) is 5.32 Å². The standard InChI is InChI=1S/C25H28N2O3S2/c1-19-4-10-22(11-5-19)27(32(29,30)24-14-8-21(3)9-15-24)18-25(28)26-16-17-31-23-12-6-20(2)7-13-23/h4-15H,16-18H2,1-3H3,(H,26,28). The third kappa shape index (κ3) is 6.37. The summed E-state index contributed by atoms with van der Waals surface area (Å²) in [6, 6.07) is 22.0. The molecule has 7 heteroatoms. The topological polar surface area (TPSA) is 66.5 Å². The number of carbonyl (C=O) groups excluding carboxylic acids is 1. The van der Waals surface area contributed by atoms with E-state index in [2.05, 4.69) is 29.6 Å². The summed E-state index contributed by atoms with van der Waals surface area (Å²) < 4.78 is 27.9. The van der Waals surface area contributed by atoms with Gasteiger partial charge in [-0.15, -0.1) is 11.8 Å². The van der Waals surface area contributed by atoms with Gasteiger partial charge in [0.1, 0.15) is 6.54 Å². The van der Waals surface area contributed by atoms with Crippen LogP contribution in [0.15, 0.2) is 82.6 Å². The maximum Gasteiger partial charge on any atom is 0.264 e. The first-order chi connectivity index (χ1) is 15.3. The van der Waals surface area contributed by atoms with Crippen molar-refractivity contribution < 1.29 is 13.2 Å². The summed E-state index contributed by atoms with van der Waals surface area (Å²) in [6.07, 6.45) is 0. The Bertz CT molecular complexity index is 1140. The monoisotopic (exact) mass is 468 g/mol. The molecule has 0 aromatic heterocycles. The van der Waals surface area contributed by atoms with E-state index in [0.717, 1.165) is 16.0 Å². The SMILES string of the molecule is Cc1ccc(SCCNC(=O)CN(c2ccc(C)cc2)S(=O)(=O)c2ccc(C)cc2)cc1. The average Bonchev–Trinajstić information content (AvgIpc) is 2.77. The Kier molecular flexibility index (Phi) is 7.99. The highest BCUT2D eigenvalue weighted by Crippen LogP contribution is 2.24. The highest BCUT2D eigenvalue weighted by Gasteiger charge is 2.27. The fraction of sp³-hybridized carbons (Fsp3) is 0.240. The van der Waals surface area contributed by atoms with Crippen LogP contribution in [-0.2, 0) is 14.8 Å². The molecule has 0 saturated carbocycles. The minimum absolute atomic E-state index is 0.159. The van der Waals surface area contributed by atoms with Gasteiger partial charge < -0.3 is 5.32 Å². The van der Waals surface area contributed by atoms with Crippen LogP contribution in [0.3, 0.4) is 0 Å². The molecule has 3 rings (SSSR count). The second-order valence-corrected chi connectivity index (χ2v) is 10.7. The first-order valence-corrected chi connectivity index (χ1v) is 12.8. The maximum atomic E-state index is 13.3. The van der Waals surface area contributed by atoms with Crippen LogP contribution in [0.1, 0.15) is 16.7 Å². The molecule has 32 heavy (non-hydrogen) atoms. The summed E-state index contributed by atoms with van der Waals surface area (Å²) in [5.74, 6) is 0.357. The fourth-order valence-electron chi connectivity index (χ4n) is 3.04. The average molecular weight is 469 g/mol. The van der Waals surface area contributed by atoms with Crippen LogP contribution in [0, 0.1) is 20.8 Å². The van der Waals surface area contributed by atoms with Crippen LogP contribution >= 0.6 is 11.8 Å². The number of carbonyl (C=O) groups is 1. The molecule has 0 aliphatic heterocycles. The number of benzene rings is 3. The van der Waals surface area contributed by atoms with Gasteiger partial charge in [0.05, 0.1) is 10.6 Å². The third-order valence-electron chi connectivity index (χ3n) is 4.93. The van der Waals surface area contributed by atoms with Gasteiger partial charge in [0.15, 0.2) is 0 Å². The summed E-state index contributed by atoms with van der Waals surface area (Å²) in [5, 5.41) is 2.84. The van der Waals surface area contributed by atoms with Gasteiger partial charge >= 0.3 is 0 Å². The van der Waals surface area contributed by atoms with Gasteiger partial charge in [-0.1, -0.05) is 53.1 Å². The number of sulfonamides is 1. The Morgan fingerprint density at radius 2 is 1.31 bits per heavy atom. The number of thioether (sulfide) groups is 1. The number of anilines is 1. The van der Waals surface area contributed by atoms with Gasteiger partial charge in [-0.3, -0.25) is 9.10 Å². The van der Waals surface area contributed by atoms with E-state index in [1.807, 2.05) is 32.9 Å². The van der Waals surface area contributed by atoms with Gasteiger partial charge in [0.2, 0.25) is 5.91 Å². The highest BCUT2D eigenvalue weighted by molar-refractivity contribution is 7.99. The Morgan fingerprint density at radius 3 is 1.88 bits per heavy atom. The molecule has 0 aliphatic carbocycles. The van der Waals surface area contributed by atoms with Crippen molar-refractivity contribution in [2.24, 2.45) is 0 Å². The molecule has 0 atom stereocenters. The first-order valence-electron chi connectivity index (χ1n) is 10.4. The molecule has 0 radical (unpaired) electrons. The second kappa shape index (κ2) is 10.7. The molecule has 1 N–H and O–H groups in total. The Morgan fingerprint density at radius 1 is 0.812 bits per heavy atom. The summed E-state index contributed by atoms with van der Waals surface area (Å²) in [7, 11) is -3.89. The van der Waals surface area contributed by atoms with E-state index in [0.29, 0.717) is 18.0 Å². The Labute approximate surface area is 194 Å². The van der Waals surface area contributed by atoms with E-state index in [-0.39, 0.29) is 17.3 Å². The van der Waals surface area contributed by atoms with Crippen molar-refractivity contribution in [3.05, 3.63) is 89.5 Å². The molecule has 3 aromatic rings. The molecule has 168 valence electrons. The van der Waals surface area contributed by atoms with Crippen LogP contribution in [0.5, 0.6) is 0 Å². The van der Waals surface area contributed by atoms with Gasteiger partial charge in [0.25, 0.3) is 10.0 Å². The molecule has 5 nitrogen and oxygen atoms in total.